The van der Waals surface area contributed by atoms with Gasteiger partial charge in [0.2, 0.25) is 0 Å². The first kappa shape index (κ1) is 16.3. The summed E-state index contributed by atoms with van der Waals surface area (Å²) in [7, 11) is 0. The summed E-state index contributed by atoms with van der Waals surface area (Å²) >= 11 is 0. The third kappa shape index (κ3) is 3.58. The van der Waals surface area contributed by atoms with Crippen LogP contribution in [0.1, 0.15) is 73.1 Å². The fraction of sp³-hybridized carbons (Fsp3) is 0.882. The van der Waals surface area contributed by atoms with Gasteiger partial charge >= 0.3 is 5.97 Å². The maximum absolute atomic E-state index is 12.9. The molecule has 0 radical (unpaired) electrons. The maximum Gasteiger partial charge on any atom is 0.307 e. The summed E-state index contributed by atoms with van der Waals surface area (Å²) in [5.74, 6) is -0.248. The molecule has 21 heavy (non-hydrogen) atoms. The quantitative estimate of drug-likeness (QED) is 0.814. The van der Waals surface area contributed by atoms with Crippen LogP contribution in [0.4, 0.5) is 0 Å². The van der Waals surface area contributed by atoms with Gasteiger partial charge < -0.3 is 10.1 Å². The van der Waals surface area contributed by atoms with E-state index in [-0.39, 0.29) is 28.7 Å². The van der Waals surface area contributed by atoms with Gasteiger partial charge in [0.1, 0.15) is 0 Å². The summed E-state index contributed by atoms with van der Waals surface area (Å²) in [5.41, 5.74) is -1.07. The number of hydrogen-bond donors (Lipinski definition) is 1. The molecule has 1 saturated heterocycles. The lowest BCUT2D eigenvalue weighted by Crippen LogP contribution is -2.58. The van der Waals surface area contributed by atoms with E-state index in [1.165, 1.54) is 0 Å². The molecule has 1 heterocycles. The second kappa shape index (κ2) is 5.29. The minimum Gasteiger partial charge on any atom is -0.449 e. The van der Waals surface area contributed by atoms with Gasteiger partial charge in [-0.2, -0.15) is 0 Å². The van der Waals surface area contributed by atoms with E-state index in [1.54, 1.807) is 0 Å². The first-order valence-electron chi connectivity index (χ1n) is 8.09. The topological polar surface area (TPSA) is 55.4 Å². The molecule has 2 rings (SSSR count). The number of carbonyl (C=O) groups is 2. The molecule has 0 aromatic heterocycles. The number of hydrogen-bond acceptors (Lipinski definition) is 3. The van der Waals surface area contributed by atoms with Crippen LogP contribution in [-0.2, 0) is 14.3 Å². The molecule has 0 spiro atoms. The predicted octanol–water partition coefficient (Wildman–Crippen LogP) is 3.19. The number of fused-ring (bicyclic) bond motifs is 1. The highest BCUT2D eigenvalue weighted by atomic mass is 16.6. The van der Waals surface area contributed by atoms with Crippen LogP contribution in [0.25, 0.3) is 0 Å². The third-order valence-corrected chi connectivity index (χ3v) is 4.53. The first-order chi connectivity index (χ1) is 9.54. The Morgan fingerprint density at radius 2 is 1.95 bits per heavy atom. The highest BCUT2D eigenvalue weighted by molar-refractivity contribution is 5.91. The van der Waals surface area contributed by atoms with Crippen molar-refractivity contribution in [3.05, 3.63) is 0 Å². The van der Waals surface area contributed by atoms with Crippen LogP contribution < -0.4 is 5.32 Å². The number of nitrogens with one attached hydrogen (secondary N) is 1. The molecule has 0 aromatic carbocycles. The van der Waals surface area contributed by atoms with Gasteiger partial charge in [-0.15, -0.1) is 0 Å². The Morgan fingerprint density at radius 1 is 1.29 bits per heavy atom. The van der Waals surface area contributed by atoms with Crippen molar-refractivity contribution >= 4 is 11.9 Å². The molecule has 4 heteroatoms. The normalized spacial score (nSPS) is 29.8. The summed E-state index contributed by atoms with van der Waals surface area (Å²) < 4.78 is 5.54. The summed E-state index contributed by atoms with van der Waals surface area (Å²) in [6.07, 6.45) is 4.89. The van der Waals surface area contributed by atoms with Crippen molar-refractivity contribution in [2.75, 3.05) is 0 Å². The summed E-state index contributed by atoms with van der Waals surface area (Å²) in [6.45, 7) is 10.6. The summed E-state index contributed by atoms with van der Waals surface area (Å²) in [6, 6.07) is 0. The molecule has 1 N–H and O–H groups in total. The SMILES string of the molecule is CC(C)(C)CC(C)(C)NC(=O)[C@]12CCCC[C@@H]1CC(=O)O2. The van der Waals surface area contributed by atoms with Crippen molar-refractivity contribution in [3.8, 4) is 0 Å². The Labute approximate surface area is 128 Å². The van der Waals surface area contributed by atoms with E-state index in [4.69, 9.17) is 4.74 Å². The Hall–Kier alpha value is -1.06. The second-order valence-electron chi connectivity index (χ2n) is 8.59. The number of rotatable bonds is 3. The van der Waals surface area contributed by atoms with Crippen LogP contribution in [0.2, 0.25) is 0 Å². The Kier molecular flexibility index (Phi) is 4.11. The monoisotopic (exact) mass is 295 g/mol. The fourth-order valence-corrected chi connectivity index (χ4v) is 4.19. The molecule has 1 amide bonds. The largest absolute Gasteiger partial charge is 0.449 e. The number of carbonyl (C=O) groups excluding carboxylic acids is 2. The van der Waals surface area contributed by atoms with Gasteiger partial charge in [0, 0.05) is 11.5 Å². The van der Waals surface area contributed by atoms with Crippen molar-refractivity contribution in [2.24, 2.45) is 11.3 Å². The van der Waals surface area contributed by atoms with E-state index in [0.29, 0.717) is 12.8 Å². The average molecular weight is 295 g/mol. The van der Waals surface area contributed by atoms with Gasteiger partial charge in [-0.25, -0.2) is 0 Å². The van der Waals surface area contributed by atoms with Crippen LogP contribution in [0.5, 0.6) is 0 Å². The van der Waals surface area contributed by atoms with E-state index in [9.17, 15) is 9.59 Å². The van der Waals surface area contributed by atoms with Gasteiger partial charge in [-0.05, 0) is 44.9 Å². The Balaban J connectivity index is 2.13. The molecule has 1 saturated carbocycles. The zero-order valence-corrected chi connectivity index (χ0v) is 14.0. The molecule has 2 aliphatic rings. The molecule has 0 bridgehead atoms. The molecule has 120 valence electrons. The van der Waals surface area contributed by atoms with Crippen LogP contribution in [0, 0.1) is 11.3 Å². The van der Waals surface area contributed by atoms with Crippen molar-refractivity contribution < 1.29 is 14.3 Å². The van der Waals surface area contributed by atoms with E-state index in [1.807, 2.05) is 13.8 Å². The van der Waals surface area contributed by atoms with Crippen LogP contribution in [0.15, 0.2) is 0 Å². The Morgan fingerprint density at radius 3 is 2.57 bits per heavy atom. The number of ether oxygens (including phenoxy) is 1. The van der Waals surface area contributed by atoms with Crippen molar-refractivity contribution in [2.45, 2.75) is 84.3 Å². The fourth-order valence-electron chi connectivity index (χ4n) is 4.19. The van der Waals surface area contributed by atoms with Gasteiger partial charge in [0.05, 0.1) is 6.42 Å². The first-order valence-corrected chi connectivity index (χ1v) is 8.09. The molecule has 1 aliphatic carbocycles. The molecule has 1 aliphatic heterocycles. The molecule has 4 nitrogen and oxygen atoms in total. The maximum atomic E-state index is 12.9. The highest BCUT2D eigenvalue weighted by Crippen LogP contribution is 2.44. The highest BCUT2D eigenvalue weighted by Gasteiger charge is 2.56. The molecule has 0 unspecified atom stereocenters. The molecule has 0 aromatic rings. The van der Waals surface area contributed by atoms with Crippen LogP contribution >= 0.6 is 0 Å². The number of amides is 1. The van der Waals surface area contributed by atoms with E-state index < -0.39 is 5.60 Å². The lowest BCUT2D eigenvalue weighted by atomic mass is 9.74. The van der Waals surface area contributed by atoms with E-state index in [0.717, 1.165) is 25.7 Å². The third-order valence-electron chi connectivity index (χ3n) is 4.53. The minimum absolute atomic E-state index is 0.0594. The van der Waals surface area contributed by atoms with Gasteiger partial charge in [-0.1, -0.05) is 27.2 Å². The van der Waals surface area contributed by atoms with Crippen molar-refractivity contribution in [1.29, 1.82) is 0 Å². The van der Waals surface area contributed by atoms with Gasteiger partial charge in [0.15, 0.2) is 5.60 Å². The molecular weight excluding hydrogens is 266 g/mol. The zero-order valence-electron chi connectivity index (χ0n) is 14.0. The van der Waals surface area contributed by atoms with Crippen LogP contribution in [-0.4, -0.2) is 23.0 Å². The second-order valence-corrected chi connectivity index (χ2v) is 8.59. The molecule has 2 fully saturated rings. The van der Waals surface area contributed by atoms with E-state index in [2.05, 4.69) is 26.1 Å². The standard InChI is InChI=1S/C17H29NO3/c1-15(2,3)11-16(4,5)18-14(20)17-9-7-6-8-12(17)10-13(19)21-17/h12H,6-11H2,1-5H3,(H,18,20)/t12-,17+/m1/s1. The van der Waals surface area contributed by atoms with Crippen molar-refractivity contribution in [1.82, 2.24) is 5.32 Å². The van der Waals surface area contributed by atoms with Gasteiger partial charge in [-0.3, -0.25) is 9.59 Å². The minimum atomic E-state index is -0.898. The lowest BCUT2D eigenvalue weighted by molar-refractivity contribution is -0.164. The summed E-state index contributed by atoms with van der Waals surface area (Å²) in [4.78, 5) is 24.6. The molecule has 2 atom stereocenters. The van der Waals surface area contributed by atoms with Crippen molar-refractivity contribution in [3.63, 3.8) is 0 Å². The average Bonchev–Trinajstić information content (AvgIpc) is 2.61. The Bertz CT molecular complexity index is 436. The smallest absolute Gasteiger partial charge is 0.307 e. The zero-order chi connectivity index (χ0) is 15.9. The molecular formula is C17H29NO3. The summed E-state index contributed by atoms with van der Waals surface area (Å²) in [5, 5.41) is 3.15. The van der Waals surface area contributed by atoms with Gasteiger partial charge in [0.25, 0.3) is 5.91 Å². The van der Waals surface area contributed by atoms with E-state index >= 15 is 0 Å². The predicted molar refractivity (Wildman–Crippen MR) is 81.7 cm³/mol. The van der Waals surface area contributed by atoms with Crippen LogP contribution in [0.3, 0.4) is 0 Å². The number of esters is 1. The lowest BCUT2D eigenvalue weighted by Gasteiger charge is -2.40.